The zero-order chi connectivity index (χ0) is 6.97. The molecule has 0 aromatic heterocycles. The largest absolute Gasteiger partial charge is 0.299 e. The third kappa shape index (κ3) is 1.13. The van der Waals surface area contributed by atoms with Crippen LogP contribution in [0.4, 0.5) is 0 Å². The molecule has 2 fully saturated rings. The van der Waals surface area contributed by atoms with Crippen LogP contribution >= 0.6 is 0 Å². The van der Waals surface area contributed by atoms with Gasteiger partial charge in [0.15, 0.2) is 0 Å². The fraction of sp³-hybridized carbons (Fsp3) is 0.667. The van der Waals surface area contributed by atoms with E-state index in [1.807, 2.05) is 0 Å². The molecular weight excluding hydrogens is 124 g/mol. The molecule has 10 heavy (non-hydrogen) atoms. The first-order valence-corrected chi connectivity index (χ1v) is 4.07. The fourth-order valence-corrected chi connectivity index (χ4v) is 1.52. The second kappa shape index (κ2) is 2.22. The average molecular weight is 136 g/mol. The van der Waals surface area contributed by atoms with Gasteiger partial charge in [-0.15, -0.1) is 0 Å². The van der Waals surface area contributed by atoms with Crippen LogP contribution in [0.1, 0.15) is 25.7 Å². The van der Waals surface area contributed by atoms with Crippen LogP contribution in [-0.4, -0.2) is 6.29 Å². The minimum absolute atomic E-state index is 0.803. The molecule has 0 unspecified atom stereocenters. The lowest BCUT2D eigenvalue weighted by atomic mass is 10.1. The highest BCUT2D eigenvalue weighted by atomic mass is 16.1. The molecule has 0 amide bonds. The van der Waals surface area contributed by atoms with Crippen molar-refractivity contribution in [2.75, 3.05) is 0 Å². The normalized spacial score (nSPS) is 24.0. The van der Waals surface area contributed by atoms with E-state index in [2.05, 4.69) is 0 Å². The van der Waals surface area contributed by atoms with E-state index in [9.17, 15) is 4.79 Å². The van der Waals surface area contributed by atoms with Crippen LogP contribution in [0.15, 0.2) is 11.6 Å². The summed E-state index contributed by atoms with van der Waals surface area (Å²) in [5.74, 6) is 1.61. The molecule has 2 aliphatic carbocycles. The van der Waals surface area contributed by atoms with Gasteiger partial charge < -0.3 is 0 Å². The van der Waals surface area contributed by atoms with Gasteiger partial charge in [-0.1, -0.05) is 5.57 Å². The first-order chi connectivity index (χ1) is 4.92. The SMILES string of the molecule is O=CC=C(C1CC1)C1CC1. The molecule has 0 aromatic rings. The van der Waals surface area contributed by atoms with Crippen molar-refractivity contribution in [1.82, 2.24) is 0 Å². The molecule has 0 aliphatic heterocycles. The maximum absolute atomic E-state index is 10.2. The topological polar surface area (TPSA) is 17.1 Å². The van der Waals surface area contributed by atoms with Crippen molar-refractivity contribution in [2.24, 2.45) is 11.8 Å². The lowest BCUT2D eigenvalue weighted by Gasteiger charge is -1.98. The Bertz CT molecular complexity index is 159. The standard InChI is InChI=1S/C9H12O/c10-6-5-9(7-1-2-7)8-3-4-8/h5-8H,1-4H2. The Balaban J connectivity index is 2.04. The molecule has 0 bridgehead atoms. The Labute approximate surface area is 61.1 Å². The molecule has 0 heterocycles. The van der Waals surface area contributed by atoms with Crippen LogP contribution < -0.4 is 0 Å². The third-order valence-corrected chi connectivity index (χ3v) is 2.36. The molecular formula is C9H12O. The number of allylic oxidation sites excluding steroid dienone is 2. The van der Waals surface area contributed by atoms with Crippen LogP contribution in [0, 0.1) is 11.8 Å². The number of hydrogen-bond donors (Lipinski definition) is 0. The number of hydrogen-bond acceptors (Lipinski definition) is 1. The Kier molecular flexibility index (Phi) is 1.37. The molecule has 2 aliphatic rings. The summed E-state index contributed by atoms with van der Waals surface area (Å²) in [5.41, 5.74) is 1.45. The number of aldehydes is 1. The van der Waals surface area contributed by atoms with Gasteiger partial charge in [-0.2, -0.15) is 0 Å². The van der Waals surface area contributed by atoms with Crippen LogP contribution in [0.3, 0.4) is 0 Å². The molecule has 2 rings (SSSR count). The van der Waals surface area contributed by atoms with E-state index in [0.717, 1.165) is 18.1 Å². The van der Waals surface area contributed by atoms with Crippen molar-refractivity contribution >= 4 is 6.29 Å². The summed E-state index contributed by atoms with van der Waals surface area (Å²) in [6.45, 7) is 0. The molecule has 1 heteroatoms. The second-order valence-electron chi connectivity index (χ2n) is 3.35. The second-order valence-corrected chi connectivity index (χ2v) is 3.35. The molecule has 54 valence electrons. The maximum Gasteiger partial charge on any atom is 0.142 e. The summed E-state index contributed by atoms with van der Waals surface area (Å²) >= 11 is 0. The summed E-state index contributed by atoms with van der Waals surface area (Å²) < 4.78 is 0. The van der Waals surface area contributed by atoms with Crippen LogP contribution in [0.25, 0.3) is 0 Å². The minimum atomic E-state index is 0.803. The summed E-state index contributed by atoms with van der Waals surface area (Å²) in [5, 5.41) is 0. The van der Waals surface area contributed by atoms with Gasteiger partial charge in [-0.25, -0.2) is 0 Å². The van der Waals surface area contributed by atoms with E-state index in [4.69, 9.17) is 0 Å². The van der Waals surface area contributed by atoms with Crippen LogP contribution in [0.2, 0.25) is 0 Å². The van der Waals surface area contributed by atoms with E-state index in [-0.39, 0.29) is 0 Å². The summed E-state index contributed by atoms with van der Waals surface area (Å²) in [7, 11) is 0. The maximum atomic E-state index is 10.2. The van der Waals surface area contributed by atoms with Gasteiger partial charge in [0, 0.05) is 0 Å². The molecule has 0 radical (unpaired) electrons. The van der Waals surface area contributed by atoms with Crippen molar-refractivity contribution in [2.45, 2.75) is 25.7 Å². The predicted octanol–water partition coefficient (Wildman–Crippen LogP) is 1.93. The van der Waals surface area contributed by atoms with Crippen molar-refractivity contribution < 1.29 is 4.79 Å². The summed E-state index contributed by atoms with van der Waals surface area (Å²) in [6.07, 6.45) is 8.07. The number of rotatable bonds is 3. The van der Waals surface area contributed by atoms with Gasteiger partial charge in [-0.3, -0.25) is 4.79 Å². The number of carbonyl (C=O) groups excluding carboxylic acids is 1. The monoisotopic (exact) mass is 136 g/mol. The molecule has 1 nitrogen and oxygen atoms in total. The molecule has 0 N–H and O–H groups in total. The third-order valence-electron chi connectivity index (χ3n) is 2.36. The Morgan fingerprint density at radius 2 is 1.60 bits per heavy atom. The fourth-order valence-electron chi connectivity index (χ4n) is 1.52. The van der Waals surface area contributed by atoms with Crippen molar-refractivity contribution in [3.05, 3.63) is 11.6 Å². The van der Waals surface area contributed by atoms with Crippen molar-refractivity contribution in [1.29, 1.82) is 0 Å². The highest BCUT2D eigenvalue weighted by molar-refractivity contribution is 5.67. The van der Waals surface area contributed by atoms with E-state index < -0.39 is 0 Å². The highest BCUT2D eigenvalue weighted by Gasteiger charge is 2.35. The van der Waals surface area contributed by atoms with Crippen LogP contribution in [0.5, 0.6) is 0 Å². The van der Waals surface area contributed by atoms with Gasteiger partial charge in [0.05, 0.1) is 0 Å². The van der Waals surface area contributed by atoms with Gasteiger partial charge in [0.25, 0.3) is 0 Å². The first kappa shape index (κ1) is 6.14. The van der Waals surface area contributed by atoms with Gasteiger partial charge in [-0.05, 0) is 43.6 Å². The van der Waals surface area contributed by atoms with Gasteiger partial charge in [0.1, 0.15) is 6.29 Å². The summed E-state index contributed by atoms with van der Waals surface area (Å²) in [4.78, 5) is 10.2. The van der Waals surface area contributed by atoms with E-state index >= 15 is 0 Å². The van der Waals surface area contributed by atoms with Crippen LogP contribution in [-0.2, 0) is 4.79 Å². The molecule has 0 atom stereocenters. The lowest BCUT2D eigenvalue weighted by Crippen LogP contribution is -1.88. The quantitative estimate of drug-likeness (QED) is 0.428. The van der Waals surface area contributed by atoms with Gasteiger partial charge in [0.2, 0.25) is 0 Å². The zero-order valence-corrected chi connectivity index (χ0v) is 6.05. The zero-order valence-electron chi connectivity index (χ0n) is 6.05. The molecule has 0 aromatic carbocycles. The molecule has 0 spiro atoms. The molecule has 2 saturated carbocycles. The average Bonchev–Trinajstić information content (AvgIpc) is 2.77. The van der Waals surface area contributed by atoms with Crippen molar-refractivity contribution in [3.63, 3.8) is 0 Å². The van der Waals surface area contributed by atoms with E-state index in [1.165, 1.54) is 31.3 Å². The summed E-state index contributed by atoms with van der Waals surface area (Å²) in [6, 6.07) is 0. The van der Waals surface area contributed by atoms with E-state index in [0.29, 0.717) is 0 Å². The molecule has 0 saturated heterocycles. The number of carbonyl (C=O) groups is 1. The Hall–Kier alpha value is -0.590. The van der Waals surface area contributed by atoms with E-state index in [1.54, 1.807) is 6.08 Å². The van der Waals surface area contributed by atoms with Crippen molar-refractivity contribution in [3.8, 4) is 0 Å². The van der Waals surface area contributed by atoms with Gasteiger partial charge >= 0.3 is 0 Å². The smallest absolute Gasteiger partial charge is 0.142 e. The highest BCUT2D eigenvalue weighted by Crippen LogP contribution is 2.48. The lowest BCUT2D eigenvalue weighted by molar-refractivity contribution is -0.104. The first-order valence-electron chi connectivity index (χ1n) is 4.07. The predicted molar refractivity (Wildman–Crippen MR) is 39.6 cm³/mol. The Morgan fingerprint density at radius 3 is 1.90 bits per heavy atom. The minimum Gasteiger partial charge on any atom is -0.299 e. The Morgan fingerprint density at radius 1 is 1.10 bits per heavy atom.